The van der Waals surface area contributed by atoms with E-state index in [1.807, 2.05) is 0 Å². The molecule has 0 unspecified atom stereocenters. The van der Waals surface area contributed by atoms with Gasteiger partial charge in [0.25, 0.3) is 11.8 Å². The largest absolute Gasteiger partial charge is 0.278 e. The molecule has 2 amide bonds. The maximum atomic E-state index is 11.6. The number of nitrogens with zero attached hydrogens (tertiary/aromatic N) is 1. The van der Waals surface area contributed by atoms with E-state index in [1.54, 1.807) is 24.3 Å². The van der Waals surface area contributed by atoms with Crippen molar-refractivity contribution in [1.29, 1.82) is 0 Å². The second kappa shape index (κ2) is 4.20. The predicted octanol–water partition coefficient (Wildman–Crippen LogP) is 3.01. The highest BCUT2D eigenvalue weighted by atomic mass is 79.9. The number of carbonyl (C=O) groups is 2. The fraction of sp³-hybridized carbons (Fsp3) is 0. The third-order valence-corrected chi connectivity index (χ3v) is 3.39. The lowest BCUT2D eigenvalue weighted by Gasteiger charge is -2.13. The molecule has 0 atom stereocenters. The summed E-state index contributed by atoms with van der Waals surface area (Å²) in [5.74, 6) is -1.20. The van der Waals surface area contributed by atoms with Crippen LogP contribution in [0.3, 0.4) is 0 Å². The van der Waals surface area contributed by atoms with Crippen LogP contribution >= 0.6 is 39.1 Å². The van der Waals surface area contributed by atoms with Gasteiger partial charge < -0.3 is 0 Å². The van der Waals surface area contributed by atoms with E-state index in [0.29, 0.717) is 5.69 Å². The summed E-state index contributed by atoms with van der Waals surface area (Å²) in [5.41, 5.74) is 0.437. The van der Waals surface area contributed by atoms with Gasteiger partial charge in [-0.25, -0.2) is 4.90 Å². The molecule has 0 aromatic heterocycles. The Labute approximate surface area is 110 Å². The van der Waals surface area contributed by atoms with Crippen LogP contribution in [0.5, 0.6) is 0 Å². The maximum absolute atomic E-state index is 11.6. The topological polar surface area (TPSA) is 37.4 Å². The van der Waals surface area contributed by atoms with Crippen LogP contribution in [0.25, 0.3) is 0 Å². The Hall–Kier alpha value is -0.840. The molecule has 0 saturated heterocycles. The molecule has 0 bridgehead atoms. The molecule has 6 heteroatoms. The number of halogens is 3. The fourth-order valence-corrected chi connectivity index (χ4v) is 1.90. The summed E-state index contributed by atoms with van der Waals surface area (Å²) in [5, 5.41) is -0.482. The second-order valence-corrected chi connectivity index (χ2v) is 4.72. The summed E-state index contributed by atoms with van der Waals surface area (Å²) in [6.07, 6.45) is 0. The standard InChI is InChI=1S/C10H4BrCl2NO2/c11-5-1-3-6(4-2-5)14-9(15)7(12)8(13)10(14)16/h1-4H. The molecule has 82 valence electrons. The predicted molar refractivity (Wildman–Crippen MR) is 65.4 cm³/mol. The summed E-state index contributed by atoms with van der Waals surface area (Å²) in [6.45, 7) is 0. The van der Waals surface area contributed by atoms with Crippen LogP contribution in [0.4, 0.5) is 5.69 Å². The molecular formula is C10H4BrCl2NO2. The Morgan fingerprint density at radius 1 is 0.938 bits per heavy atom. The quantitative estimate of drug-likeness (QED) is 0.746. The molecule has 0 spiro atoms. The Morgan fingerprint density at radius 2 is 1.38 bits per heavy atom. The third kappa shape index (κ3) is 1.77. The van der Waals surface area contributed by atoms with Gasteiger partial charge >= 0.3 is 0 Å². The molecule has 16 heavy (non-hydrogen) atoms. The zero-order valence-corrected chi connectivity index (χ0v) is 10.8. The molecule has 0 aliphatic carbocycles. The first-order chi connectivity index (χ1) is 7.52. The van der Waals surface area contributed by atoms with Crippen LogP contribution in [-0.2, 0) is 9.59 Å². The zero-order valence-electron chi connectivity index (χ0n) is 7.71. The number of benzene rings is 1. The molecule has 1 aliphatic heterocycles. The summed E-state index contributed by atoms with van der Waals surface area (Å²) < 4.78 is 0.848. The van der Waals surface area contributed by atoms with E-state index in [9.17, 15) is 9.59 Å². The van der Waals surface area contributed by atoms with Gasteiger partial charge in [0.05, 0.1) is 5.69 Å². The van der Waals surface area contributed by atoms with E-state index in [0.717, 1.165) is 9.37 Å². The smallest absolute Gasteiger partial charge is 0.267 e. The minimum Gasteiger partial charge on any atom is -0.267 e. The Bertz CT molecular complexity index is 486. The fourth-order valence-electron chi connectivity index (χ4n) is 1.30. The van der Waals surface area contributed by atoms with E-state index in [1.165, 1.54) is 0 Å². The van der Waals surface area contributed by atoms with Crippen molar-refractivity contribution in [2.24, 2.45) is 0 Å². The van der Waals surface area contributed by atoms with Gasteiger partial charge in [-0.05, 0) is 24.3 Å². The zero-order chi connectivity index (χ0) is 11.9. The van der Waals surface area contributed by atoms with Crippen molar-refractivity contribution in [3.8, 4) is 0 Å². The van der Waals surface area contributed by atoms with Crippen LogP contribution in [0, 0.1) is 0 Å². The molecule has 3 nitrogen and oxygen atoms in total. The highest BCUT2D eigenvalue weighted by Crippen LogP contribution is 2.31. The number of hydrogen-bond donors (Lipinski definition) is 0. The Kier molecular flexibility index (Phi) is 3.06. The molecule has 1 aromatic carbocycles. The summed E-state index contributed by atoms with van der Waals surface area (Å²) >= 11 is 14.5. The first kappa shape index (κ1) is 11.6. The first-order valence-corrected chi connectivity index (χ1v) is 5.77. The van der Waals surface area contributed by atoms with Gasteiger partial charge in [0, 0.05) is 4.47 Å². The molecule has 0 radical (unpaired) electrons. The van der Waals surface area contributed by atoms with Crippen molar-refractivity contribution in [3.05, 3.63) is 38.8 Å². The molecular weight excluding hydrogens is 317 g/mol. The first-order valence-electron chi connectivity index (χ1n) is 4.22. The van der Waals surface area contributed by atoms with Crippen molar-refractivity contribution in [2.75, 3.05) is 4.90 Å². The third-order valence-electron chi connectivity index (χ3n) is 2.06. The lowest BCUT2D eigenvalue weighted by molar-refractivity contribution is -0.120. The Morgan fingerprint density at radius 3 is 1.81 bits per heavy atom. The van der Waals surface area contributed by atoms with E-state index >= 15 is 0 Å². The highest BCUT2D eigenvalue weighted by Gasteiger charge is 2.37. The Balaban J connectivity index is 2.42. The van der Waals surface area contributed by atoms with Crippen LogP contribution < -0.4 is 4.90 Å². The number of hydrogen-bond acceptors (Lipinski definition) is 2. The summed E-state index contributed by atoms with van der Waals surface area (Å²) in [7, 11) is 0. The van der Waals surface area contributed by atoms with Crippen molar-refractivity contribution >= 4 is 56.6 Å². The second-order valence-electron chi connectivity index (χ2n) is 3.05. The highest BCUT2D eigenvalue weighted by molar-refractivity contribution is 9.10. The summed E-state index contributed by atoms with van der Waals surface area (Å²) in [4.78, 5) is 24.2. The van der Waals surface area contributed by atoms with E-state index in [2.05, 4.69) is 15.9 Å². The van der Waals surface area contributed by atoms with Crippen LogP contribution in [0.15, 0.2) is 38.8 Å². The maximum Gasteiger partial charge on any atom is 0.278 e. The molecule has 1 heterocycles. The van der Waals surface area contributed by atoms with Crippen LogP contribution in [-0.4, -0.2) is 11.8 Å². The molecule has 1 aliphatic rings. The van der Waals surface area contributed by atoms with Gasteiger partial charge in [-0.3, -0.25) is 9.59 Å². The minimum atomic E-state index is -0.598. The molecule has 1 aromatic rings. The van der Waals surface area contributed by atoms with E-state index < -0.39 is 11.8 Å². The van der Waals surface area contributed by atoms with Gasteiger partial charge in [0.15, 0.2) is 0 Å². The van der Waals surface area contributed by atoms with Crippen LogP contribution in [0.2, 0.25) is 0 Å². The average molecular weight is 321 g/mol. The van der Waals surface area contributed by atoms with Crippen molar-refractivity contribution in [2.45, 2.75) is 0 Å². The van der Waals surface area contributed by atoms with Crippen molar-refractivity contribution in [1.82, 2.24) is 0 Å². The van der Waals surface area contributed by atoms with Gasteiger partial charge in [-0.15, -0.1) is 0 Å². The molecule has 2 rings (SSSR count). The van der Waals surface area contributed by atoms with Gasteiger partial charge in [-0.2, -0.15) is 0 Å². The number of amides is 2. The lowest BCUT2D eigenvalue weighted by Crippen LogP contribution is -2.30. The van der Waals surface area contributed by atoms with E-state index in [-0.39, 0.29) is 10.1 Å². The van der Waals surface area contributed by atoms with Gasteiger partial charge in [0.1, 0.15) is 10.1 Å². The molecule has 0 fully saturated rings. The number of imide groups is 1. The van der Waals surface area contributed by atoms with Gasteiger partial charge in [0.2, 0.25) is 0 Å². The SMILES string of the molecule is O=C1C(Cl)=C(Cl)C(=O)N1c1ccc(Br)cc1. The van der Waals surface area contributed by atoms with Crippen molar-refractivity contribution < 1.29 is 9.59 Å². The van der Waals surface area contributed by atoms with Crippen LogP contribution in [0.1, 0.15) is 0 Å². The monoisotopic (exact) mass is 319 g/mol. The number of anilines is 1. The van der Waals surface area contributed by atoms with Crippen molar-refractivity contribution in [3.63, 3.8) is 0 Å². The lowest BCUT2D eigenvalue weighted by atomic mass is 10.3. The van der Waals surface area contributed by atoms with E-state index in [4.69, 9.17) is 23.2 Å². The summed E-state index contributed by atoms with van der Waals surface area (Å²) in [6, 6.07) is 6.69. The minimum absolute atomic E-state index is 0.241. The number of rotatable bonds is 1. The normalized spacial score (nSPS) is 16.3. The number of carbonyl (C=O) groups excluding carboxylic acids is 2. The average Bonchev–Trinajstić information content (AvgIpc) is 2.46. The molecule has 0 N–H and O–H groups in total. The van der Waals surface area contributed by atoms with Gasteiger partial charge in [-0.1, -0.05) is 39.1 Å². The molecule has 0 saturated carbocycles.